The molecule has 0 aliphatic heterocycles. The maximum Gasteiger partial charge on any atom is 0.138 e. The molecule has 0 aliphatic rings. The molecule has 2 heterocycles. The van der Waals surface area contributed by atoms with Crippen LogP contribution in [-0.2, 0) is 6.42 Å². The van der Waals surface area contributed by atoms with E-state index in [4.69, 9.17) is 5.73 Å². The molecule has 1 atom stereocenters. The zero-order valence-electron chi connectivity index (χ0n) is 11.8. The molecule has 104 valence electrons. The van der Waals surface area contributed by atoms with Crippen molar-refractivity contribution in [3.05, 3.63) is 17.3 Å². The van der Waals surface area contributed by atoms with Crippen LogP contribution >= 0.6 is 11.3 Å². The van der Waals surface area contributed by atoms with Gasteiger partial charge in [-0.2, -0.15) is 0 Å². The highest BCUT2D eigenvalue weighted by Crippen LogP contribution is 2.29. The molecule has 2 aromatic rings. The normalized spacial score (nSPS) is 13.1. The molecule has 0 fully saturated rings. The molecule has 0 bridgehead atoms. The van der Waals surface area contributed by atoms with Crippen molar-refractivity contribution < 1.29 is 0 Å². The third-order valence-electron chi connectivity index (χ3n) is 3.33. The fourth-order valence-electron chi connectivity index (χ4n) is 2.12. The molecular formula is C14H22N4S. The number of thiophene rings is 1. The minimum Gasteiger partial charge on any atom is -0.366 e. The number of anilines is 1. The van der Waals surface area contributed by atoms with Crippen molar-refractivity contribution in [2.24, 2.45) is 11.7 Å². The second-order valence-electron chi connectivity index (χ2n) is 5.08. The smallest absolute Gasteiger partial charge is 0.138 e. The highest BCUT2D eigenvalue weighted by atomic mass is 32.1. The quantitative estimate of drug-likeness (QED) is 0.852. The zero-order valence-corrected chi connectivity index (χ0v) is 12.6. The van der Waals surface area contributed by atoms with E-state index in [1.807, 2.05) is 0 Å². The van der Waals surface area contributed by atoms with Crippen LogP contribution < -0.4 is 11.1 Å². The van der Waals surface area contributed by atoms with Gasteiger partial charge in [0.05, 0.1) is 5.39 Å². The van der Waals surface area contributed by atoms with Crippen molar-refractivity contribution in [1.82, 2.24) is 9.97 Å². The summed E-state index contributed by atoms with van der Waals surface area (Å²) in [5.41, 5.74) is 5.69. The van der Waals surface area contributed by atoms with E-state index < -0.39 is 0 Å². The average Bonchev–Trinajstić information content (AvgIpc) is 2.82. The van der Waals surface area contributed by atoms with Crippen LogP contribution in [0.5, 0.6) is 0 Å². The van der Waals surface area contributed by atoms with Gasteiger partial charge in [-0.15, -0.1) is 11.3 Å². The Morgan fingerprint density at radius 1 is 1.37 bits per heavy atom. The summed E-state index contributed by atoms with van der Waals surface area (Å²) in [7, 11) is 0. The lowest BCUT2D eigenvalue weighted by atomic mass is 10.0. The van der Waals surface area contributed by atoms with E-state index in [9.17, 15) is 0 Å². The van der Waals surface area contributed by atoms with E-state index in [-0.39, 0.29) is 0 Å². The summed E-state index contributed by atoms with van der Waals surface area (Å²) in [6.45, 7) is 7.26. The van der Waals surface area contributed by atoms with Crippen LogP contribution in [-0.4, -0.2) is 22.6 Å². The second kappa shape index (κ2) is 6.30. The minimum absolute atomic E-state index is 0.355. The Bertz CT molecular complexity index is 535. The van der Waals surface area contributed by atoms with Crippen molar-refractivity contribution in [3.8, 4) is 0 Å². The minimum atomic E-state index is 0.355. The lowest BCUT2D eigenvalue weighted by Crippen LogP contribution is -2.28. The van der Waals surface area contributed by atoms with Crippen molar-refractivity contribution in [3.63, 3.8) is 0 Å². The Morgan fingerprint density at radius 2 is 2.16 bits per heavy atom. The standard InChI is InChI=1S/C14H22N4S/c1-4-10-7-11-13(16-8-17-14(11)19-10)18-12(5-6-15)9(2)3/h7-9,12H,4-6,15H2,1-3H3,(H,16,17,18). The summed E-state index contributed by atoms with van der Waals surface area (Å²) in [6.07, 6.45) is 3.63. The molecule has 3 N–H and O–H groups in total. The number of fused-ring (bicyclic) bond motifs is 1. The third-order valence-corrected chi connectivity index (χ3v) is 4.52. The van der Waals surface area contributed by atoms with Crippen LogP contribution in [0.15, 0.2) is 12.4 Å². The van der Waals surface area contributed by atoms with Crippen LogP contribution in [0.1, 0.15) is 32.1 Å². The van der Waals surface area contributed by atoms with E-state index in [1.165, 1.54) is 4.88 Å². The van der Waals surface area contributed by atoms with Gasteiger partial charge < -0.3 is 11.1 Å². The predicted octanol–water partition coefficient (Wildman–Crippen LogP) is 3.04. The first-order valence-electron chi connectivity index (χ1n) is 6.85. The highest BCUT2D eigenvalue weighted by molar-refractivity contribution is 7.18. The van der Waals surface area contributed by atoms with E-state index in [0.717, 1.165) is 28.9 Å². The summed E-state index contributed by atoms with van der Waals surface area (Å²) >= 11 is 1.74. The number of rotatable bonds is 6. The summed E-state index contributed by atoms with van der Waals surface area (Å²) in [6, 6.07) is 2.55. The molecule has 0 radical (unpaired) electrons. The molecule has 2 rings (SSSR count). The second-order valence-corrected chi connectivity index (χ2v) is 6.19. The number of nitrogens with two attached hydrogens (primary N) is 1. The van der Waals surface area contributed by atoms with Gasteiger partial charge in [0.1, 0.15) is 17.0 Å². The molecular weight excluding hydrogens is 256 g/mol. The van der Waals surface area contributed by atoms with Gasteiger partial charge >= 0.3 is 0 Å². The Labute approximate surface area is 118 Å². The van der Waals surface area contributed by atoms with Crippen LogP contribution in [0.3, 0.4) is 0 Å². The fraction of sp³-hybridized carbons (Fsp3) is 0.571. The maximum absolute atomic E-state index is 5.69. The van der Waals surface area contributed by atoms with E-state index in [1.54, 1.807) is 17.7 Å². The average molecular weight is 278 g/mol. The number of hydrogen-bond donors (Lipinski definition) is 2. The number of aryl methyl sites for hydroxylation is 1. The number of aromatic nitrogens is 2. The Morgan fingerprint density at radius 3 is 2.79 bits per heavy atom. The van der Waals surface area contributed by atoms with E-state index in [2.05, 4.69) is 42.1 Å². The van der Waals surface area contributed by atoms with E-state index >= 15 is 0 Å². The van der Waals surface area contributed by atoms with Gasteiger partial charge in [0.2, 0.25) is 0 Å². The van der Waals surface area contributed by atoms with Crippen molar-refractivity contribution in [2.75, 3.05) is 11.9 Å². The fourth-order valence-corrected chi connectivity index (χ4v) is 3.06. The van der Waals surface area contributed by atoms with Crippen LogP contribution in [0.2, 0.25) is 0 Å². The van der Waals surface area contributed by atoms with Gasteiger partial charge in [0, 0.05) is 10.9 Å². The van der Waals surface area contributed by atoms with Crippen molar-refractivity contribution in [2.45, 2.75) is 39.7 Å². The monoisotopic (exact) mass is 278 g/mol. The Kier molecular flexibility index (Phi) is 4.71. The van der Waals surface area contributed by atoms with Crippen molar-refractivity contribution in [1.29, 1.82) is 0 Å². The molecule has 5 heteroatoms. The molecule has 0 aromatic carbocycles. The summed E-state index contributed by atoms with van der Waals surface area (Å²) in [5.74, 6) is 1.46. The van der Waals surface area contributed by atoms with Gasteiger partial charge in [-0.05, 0) is 31.4 Å². The topological polar surface area (TPSA) is 63.8 Å². The molecule has 0 saturated carbocycles. The number of hydrogen-bond acceptors (Lipinski definition) is 5. The van der Waals surface area contributed by atoms with Gasteiger partial charge in [0.15, 0.2) is 0 Å². The van der Waals surface area contributed by atoms with Crippen LogP contribution in [0, 0.1) is 5.92 Å². The van der Waals surface area contributed by atoms with Gasteiger partial charge in [-0.25, -0.2) is 9.97 Å². The summed E-state index contributed by atoms with van der Waals surface area (Å²) in [5, 5.41) is 4.67. The summed E-state index contributed by atoms with van der Waals surface area (Å²) < 4.78 is 0. The summed E-state index contributed by atoms with van der Waals surface area (Å²) in [4.78, 5) is 11.2. The number of nitrogens with zero attached hydrogens (tertiary/aromatic N) is 2. The maximum atomic E-state index is 5.69. The predicted molar refractivity (Wildman–Crippen MR) is 82.7 cm³/mol. The van der Waals surface area contributed by atoms with Crippen LogP contribution in [0.4, 0.5) is 5.82 Å². The molecule has 4 nitrogen and oxygen atoms in total. The largest absolute Gasteiger partial charge is 0.366 e. The van der Waals surface area contributed by atoms with Gasteiger partial charge in [-0.1, -0.05) is 20.8 Å². The molecule has 0 aliphatic carbocycles. The first-order valence-corrected chi connectivity index (χ1v) is 7.67. The lowest BCUT2D eigenvalue weighted by molar-refractivity contribution is 0.498. The lowest BCUT2D eigenvalue weighted by Gasteiger charge is -2.22. The van der Waals surface area contributed by atoms with E-state index in [0.29, 0.717) is 18.5 Å². The Hall–Kier alpha value is -1.20. The zero-order chi connectivity index (χ0) is 13.8. The molecule has 1 unspecified atom stereocenters. The molecule has 2 aromatic heterocycles. The van der Waals surface area contributed by atoms with Crippen molar-refractivity contribution >= 4 is 27.4 Å². The first kappa shape index (κ1) is 14.2. The molecule has 0 amide bonds. The molecule has 0 spiro atoms. The third kappa shape index (κ3) is 3.22. The van der Waals surface area contributed by atoms with Gasteiger partial charge in [0.25, 0.3) is 0 Å². The number of nitrogens with one attached hydrogen (secondary N) is 1. The van der Waals surface area contributed by atoms with Crippen LogP contribution in [0.25, 0.3) is 10.2 Å². The van der Waals surface area contributed by atoms with Gasteiger partial charge in [-0.3, -0.25) is 0 Å². The highest BCUT2D eigenvalue weighted by Gasteiger charge is 2.15. The SMILES string of the molecule is CCc1cc2c(NC(CCN)C(C)C)ncnc2s1. The Balaban J connectivity index is 2.30. The molecule has 0 saturated heterocycles. The molecule has 19 heavy (non-hydrogen) atoms. The first-order chi connectivity index (χ1) is 9.15.